The zero-order valence-electron chi connectivity index (χ0n) is 11.2. The lowest BCUT2D eigenvalue weighted by Gasteiger charge is -2.52. The third-order valence-electron chi connectivity index (χ3n) is 4.16. The number of hydrogen-bond donors (Lipinski definition) is 1. The predicted molar refractivity (Wildman–Crippen MR) is 67.9 cm³/mol. The van der Waals surface area contributed by atoms with Crippen molar-refractivity contribution in [3.63, 3.8) is 0 Å². The minimum atomic E-state index is 0.203. The van der Waals surface area contributed by atoms with Gasteiger partial charge in [-0.3, -0.25) is 0 Å². The molecule has 2 rings (SSSR count). The summed E-state index contributed by atoms with van der Waals surface area (Å²) in [6.45, 7) is 6.70. The lowest BCUT2D eigenvalue weighted by Crippen LogP contribution is -2.61. The van der Waals surface area contributed by atoms with Crippen LogP contribution in [-0.4, -0.2) is 19.3 Å². The fourth-order valence-corrected chi connectivity index (χ4v) is 2.70. The van der Waals surface area contributed by atoms with Crippen molar-refractivity contribution in [1.29, 1.82) is 0 Å². The molecule has 3 nitrogen and oxygen atoms in total. The third-order valence-corrected chi connectivity index (χ3v) is 4.16. The second-order valence-corrected chi connectivity index (χ2v) is 5.48. The van der Waals surface area contributed by atoms with Crippen LogP contribution in [0.3, 0.4) is 0 Å². The first-order valence-electron chi connectivity index (χ1n) is 6.41. The molecule has 0 aromatic carbocycles. The van der Waals surface area contributed by atoms with Crippen molar-refractivity contribution < 1.29 is 9.15 Å². The summed E-state index contributed by atoms with van der Waals surface area (Å²) in [7, 11) is 1.80. The Morgan fingerprint density at radius 1 is 1.59 bits per heavy atom. The van der Waals surface area contributed by atoms with E-state index in [9.17, 15) is 0 Å². The summed E-state index contributed by atoms with van der Waals surface area (Å²) >= 11 is 0. The average molecular weight is 237 g/mol. The summed E-state index contributed by atoms with van der Waals surface area (Å²) in [5.41, 5.74) is 0.203. The highest BCUT2D eigenvalue weighted by Gasteiger charge is 2.49. The molecule has 3 heteroatoms. The molecule has 1 fully saturated rings. The number of rotatable bonds is 5. The van der Waals surface area contributed by atoms with Crippen LogP contribution in [0.2, 0.25) is 0 Å². The van der Waals surface area contributed by atoms with E-state index in [2.05, 4.69) is 26.1 Å². The number of furan rings is 1. The monoisotopic (exact) mass is 237 g/mol. The molecule has 1 aromatic heterocycles. The zero-order chi connectivity index (χ0) is 12.5. The Bertz CT molecular complexity index is 345. The molecule has 0 radical (unpaired) electrons. The number of ether oxygens (including phenoxy) is 1. The van der Waals surface area contributed by atoms with Gasteiger partial charge in [0.05, 0.1) is 18.4 Å². The molecule has 1 aliphatic rings. The normalized spacial score (nSPS) is 28.7. The SMILES string of the molecule is CCC(NC1CC(OC)C1(C)C)c1ccco1. The van der Waals surface area contributed by atoms with E-state index in [1.165, 1.54) is 0 Å². The van der Waals surface area contributed by atoms with Gasteiger partial charge in [0, 0.05) is 18.6 Å². The van der Waals surface area contributed by atoms with Crippen molar-refractivity contribution in [3.05, 3.63) is 24.2 Å². The van der Waals surface area contributed by atoms with Gasteiger partial charge >= 0.3 is 0 Å². The Morgan fingerprint density at radius 2 is 2.35 bits per heavy atom. The molecule has 0 aliphatic heterocycles. The standard InChI is InChI=1S/C14H23NO2/c1-5-10(11-7-6-8-17-11)15-12-9-13(16-4)14(12,2)3/h6-8,10,12-13,15H,5,9H2,1-4H3. The molecule has 1 saturated carbocycles. The first kappa shape index (κ1) is 12.7. The highest BCUT2D eigenvalue weighted by molar-refractivity contribution is 5.09. The summed E-state index contributed by atoms with van der Waals surface area (Å²) in [5.74, 6) is 1.03. The minimum Gasteiger partial charge on any atom is -0.468 e. The van der Waals surface area contributed by atoms with E-state index in [4.69, 9.17) is 9.15 Å². The van der Waals surface area contributed by atoms with Gasteiger partial charge in [-0.2, -0.15) is 0 Å². The fourth-order valence-electron chi connectivity index (χ4n) is 2.70. The van der Waals surface area contributed by atoms with Gasteiger partial charge in [-0.05, 0) is 25.0 Å². The summed E-state index contributed by atoms with van der Waals surface area (Å²) in [5, 5.41) is 3.69. The van der Waals surface area contributed by atoms with Gasteiger partial charge < -0.3 is 14.5 Å². The quantitative estimate of drug-likeness (QED) is 0.854. The number of hydrogen-bond acceptors (Lipinski definition) is 3. The Morgan fingerprint density at radius 3 is 2.82 bits per heavy atom. The summed E-state index contributed by atoms with van der Waals surface area (Å²) in [4.78, 5) is 0. The lowest BCUT2D eigenvalue weighted by molar-refractivity contribution is -0.101. The van der Waals surface area contributed by atoms with Crippen LogP contribution in [0.25, 0.3) is 0 Å². The topological polar surface area (TPSA) is 34.4 Å². The second kappa shape index (κ2) is 4.83. The largest absolute Gasteiger partial charge is 0.468 e. The van der Waals surface area contributed by atoms with Crippen LogP contribution in [0, 0.1) is 5.41 Å². The minimum absolute atomic E-state index is 0.203. The van der Waals surface area contributed by atoms with Gasteiger partial charge in [-0.15, -0.1) is 0 Å². The molecule has 1 aromatic rings. The van der Waals surface area contributed by atoms with Gasteiger partial charge in [0.25, 0.3) is 0 Å². The molecule has 0 amide bonds. The molecule has 0 spiro atoms. The molecule has 96 valence electrons. The van der Waals surface area contributed by atoms with Crippen LogP contribution in [0.4, 0.5) is 0 Å². The van der Waals surface area contributed by atoms with Crippen LogP contribution in [0.15, 0.2) is 22.8 Å². The van der Waals surface area contributed by atoms with Crippen molar-refractivity contribution in [2.45, 2.75) is 51.8 Å². The molecule has 17 heavy (non-hydrogen) atoms. The van der Waals surface area contributed by atoms with Crippen molar-refractivity contribution in [2.24, 2.45) is 5.41 Å². The molecule has 1 aliphatic carbocycles. The fraction of sp³-hybridized carbons (Fsp3) is 0.714. The Kier molecular flexibility index (Phi) is 3.59. The molecular formula is C14H23NO2. The van der Waals surface area contributed by atoms with E-state index in [1.54, 1.807) is 13.4 Å². The molecule has 0 saturated heterocycles. The Labute approximate surface area is 104 Å². The third kappa shape index (κ3) is 2.26. The van der Waals surface area contributed by atoms with E-state index < -0.39 is 0 Å². The van der Waals surface area contributed by atoms with E-state index in [1.807, 2.05) is 12.1 Å². The number of methoxy groups -OCH3 is 1. The maximum Gasteiger partial charge on any atom is 0.120 e. The van der Waals surface area contributed by atoms with E-state index in [0.29, 0.717) is 18.2 Å². The Hall–Kier alpha value is -0.800. The highest BCUT2D eigenvalue weighted by atomic mass is 16.5. The molecular weight excluding hydrogens is 214 g/mol. The zero-order valence-corrected chi connectivity index (χ0v) is 11.2. The van der Waals surface area contributed by atoms with Crippen molar-refractivity contribution in [2.75, 3.05) is 7.11 Å². The van der Waals surface area contributed by atoms with Gasteiger partial charge in [0.15, 0.2) is 0 Å². The molecule has 1 N–H and O–H groups in total. The smallest absolute Gasteiger partial charge is 0.120 e. The summed E-state index contributed by atoms with van der Waals surface area (Å²) in [6.07, 6.45) is 4.23. The van der Waals surface area contributed by atoms with Gasteiger partial charge in [0.1, 0.15) is 5.76 Å². The van der Waals surface area contributed by atoms with Gasteiger partial charge in [-0.25, -0.2) is 0 Å². The Balaban J connectivity index is 1.97. The predicted octanol–water partition coefficient (Wildman–Crippen LogP) is 3.13. The number of nitrogens with one attached hydrogen (secondary N) is 1. The van der Waals surface area contributed by atoms with Crippen LogP contribution in [0.5, 0.6) is 0 Å². The summed E-state index contributed by atoms with van der Waals surface area (Å²) in [6, 6.07) is 4.80. The molecule has 1 heterocycles. The van der Waals surface area contributed by atoms with Crippen LogP contribution in [0.1, 0.15) is 45.4 Å². The maximum atomic E-state index is 5.48. The van der Waals surface area contributed by atoms with Gasteiger partial charge in [-0.1, -0.05) is 20.8 Å². The average Bonchev–Trinajstić information content (AvgIpc) is 2.82. The summed E-state index contributed by atoms with van der Waals surface area (Å²) < 4.78 is 11.0. The van der Waals surface area contributed by atoms with Gasteiger partial charge in [0.2, 0.25) is 0 Å². The van der Waals surface area contributed by atoms with E-state index in [-0.39, 0.29) is 5.41 Å². The van der Waals surface area contributed by atoms with Crippen LogP contribution >= 0.6 is 0 Å². The maximum absolute atomic E-state index is 5.48. The van der Waals surface area contributed by atoms with Crippen molar-refractivity contribution in [3.8, 4) is 0 Å². The lowest BCUT2D eigenvalue weighted by atomic mass is 9.64. The van der Waals surface area contributed by atoms with Crippen LogP contribution < -0.4 is 5.32 Å². The first-order chi connectivity index (χ1) is 8.09. The van der Waals surface area contributed by atoms with E-state index >= 15 is 0 Å². The van der Waals surface area contributed by atoms with Crippen molar-refractivity contribution in [1.82, 2.24) is 5.32 Å². The second-order valence-electron chi connectivity index (χ2n) is 5.48. The molecule has 3 atom stereocenters. The first-order valence-corrected chi connectivity index (χ1v) is 6.41. The van der Waals surface area contributed by atoms with E-state index in [0.717, 1.165) is 18.6 Å². The highest BCUT2D eigenvalue weighted by Crippen LogP contribution is 2.43. The van der Waals surface area contributed by atoms with Crippen molar-refractivity contribution >= 4 is 0 Å². The molecule has 0 bridgehead atoms. The molecule has 3 unspecified atom stereocenters. The van der Waals surface area contributed by atoms with Crippen LogP contribution in [-0.2, 0) is 4.74 Å².